The molecule has 0 saturated heterocycles. The quantitative estimate of drug-likeness (QED) is 0.742. The first-order valence-corrected chi connectivity index (χ1v) is 4.93. The van der Waals surface area contributed by atoms with Gasteiger partial charge in [-0.3, -0.25) is 4.68 Å². The number of nitrogens with zero attached hydrogens (tertiary/aromatic N) is 3. The molecule has 1 aromatic rings. The van der Waals surface area contributed by atoms with Crippen molar-refractivity contribution < 1.29 is 0 Å². The Morgan fingerprint density at radius 3 is 2.79 bits per heavy atom. The fraction of sp³-hybridized carbons (Fsp3) is 0.700. The molecule has 4 heteroatoms. The number of hydrogen-bond donors (Lipinski definition) is 1. The Hall–Kier alpha value is -0.870. The van der Waals surface area contributed by atoms with Crippen LogP contribution in [0.1, 0.15) is 12.5 Å². The Labute approximate surface area is 85.9 Å². The van der Waals surface area contributed by atoms with Crippen LogP contribution in [0.4, 0.5) is 0 Å². The lowest BCUT2D eigenvalue weighted by atomic mass is 10.3. The molecule has 1 aromatic heterocycles. The first-order valence-electron chi connectivity index (χ1n) is 4.93. The summed E-state index contributed by atoms with van der Waals surface area (Å²) in [5.74, 6) is 0. The Morgan fingerprint density at radius 2 is 2.29 bits per heavy atom. The summed E-state index contributed by atoms with van der Waals surface area (Å²) in [6.07, 6.45) is 3.94. The summed E-state index contributed by atoms with van der Waals surface area (Å²) in [4.78, 5) is 2.18. The zero-order valence-corrected chi connectivity index (χ0v) is 9.49. The molecule has 1 atom stereocenters. The maximum atomic E-state index is 4.12. The van der Waals surface area contributed by atoms with Crippen molar-refractivity contribution in [3.63, 3.8) is 0 Å². The number of nitrogens with one attached hydrogen (secondary N) is 1. The highest BCUT2D eigenvalue weighted by molar-refractivity contribution is 5.02. The van der Waals surface area contributed by atoms with E-state index in [1.165, 1.54) is 5.56 Å². The second kappa shape index (κ2) is 5.12. The Kier molecular flexibility index (Phi) is 4.10. The number of aromatic nitrogens is 2. The van der Waals surface area contributed by atoms with Crippen molar-refractivity contribution in [2.45, 2.75) is 19.5 Å². The molecule has 0 saturated carbocycles. The lowest BCUT2D eigenvalue weighted by Gasteiger charge is -2.17. The summed E-state index contributed by atoms with van der Waals surface area (Å²) >= 11 is 0. The second-order valence-corrected chi connectivity index (χ2v) is 4.07. The van der Waals surface area contributed by atoms with Crippen LogP contribution in [0.15, 0.2) is 12.4 Å². The van der Waals surface area contributed by atoms with Gasteiger partial charge in [-0.25, -0.2) is 0 Å². The molecule has 1 unspecified atom stereocenters. The van der Waals surface area contributed by atoms with Crippen LogP contribution in [0, 0.1) is 0 Å². The molecule has 0 bridgehead atoms. The van der Waals surface area contributed by atoms with Crippen LogP contribution in [0.25, 0.3) is 0 Å². The van der Waals surface area contributed by atoms with Gasteiger partial charge in [-0.1, -0.05) is 0 Å². The van der Waals surface area contributed by atoms with E-state index in [1.54, 1.807) is 0 Å². The predicted molar refractivity (Wildman–Crippen MR) is 58.1 cm³/mol. The highest BCUT2D eigenvalue weighted by atomic mass is 15.2. The molecule has 0 spiro atoms. The summed E-state index contributed by atoms with van der Waals surface area (Å²) in [6.45, 7) is 4.14. The first-order chi connectivity index (χ1) is 6.58. The summed E-state index contributed by atoms with van der Waals surface area (Å²) in [5, 5.41) is 7.57. The third kappa shape index (κ3) is 3.89. The monoisotopic (exact) mass is 196 g/mol. The minimum absolute atomic E-state index is 0.505. The molecule has 0 aliphatic carbocycles. The van der Waals surface area contributed by atoms with Gasteiger partial charge in [-0.15, -0.1) is 0 Å². The van der Waals surface area contributed by atoms with E-state index < -0.39 is 0 Å². The highest BCUT2D eigenvalue weighted by Crippen LogP contribution is 1.96. The first kappa shape index (κ1) is 11.2. The second-order valence-electron chi connectivity index (χ2n) is 4.07. The van der Waals surface area contributed by atoms with Gasteiger partial charge in [0.15, 0.2) is 0 Å². The topological polar surface area (TPSA) is 33.1 Å². The fourth-order valence-electron chi connectivity index (χ4n) is 1.47. The van der Waals surface area contributed by atoms with Gasteiger partial charge in [0.25, 0.3) is 0 Å². The van der Waals surface area contributed by atoms with Gasteiger partial charge in [0, 0.05) is 37.9 Å². The van der Waals surface area contributed by atoms with E-state index in [2.05, 4.69) is 36.3 Å². The zero-order chi connectivity index (χ0) is 10.6. The third-order valence-electron chi connectivity index (χ3n) is 2.05. The number of aryl methyl sites for hydroxylation is 1. The van der Waals surface area contributed by atoms with E-state index in [0.717, 1.165) is 13.1 Å². The maximum Gasteiger partial charge on any atom is 0.0534 e. The molecule has 1 N–H and O–H groups in total. The molecule has 80 valence electrons. The van der Waals surface area contributed by atoms with Crippen LogP contribution in [0.5, 0.6) is 0 Å². The van der Waals surface area contributed by atoms with Crippen LogP contribution in [0.2, 0.25) is 0 Å². The van der Waals surface area contributed by atoms with Crippen LogP contribution >= 0.6 is 0 Å². The lowest BCUT2D eigenvalue weighted by molar-refractivity contribution is 0.349. The average Bonchev–Trinajstić information content (AvgIpc) is 2.47. The molecule has 1 rings (SSSR count). The average molecular weight is 196 g/mol. The van der Waals surface area contributed by atoms with E-state index in [1.807, 2.05) is 24.1 Å². The number of hydrogen-bond acceptors (Lipinski definition) is 3. The van der Waals surface area contributed by atoms with E-state index in [9.17, 15) is 0 Å². The SMILES string of the molecule is CC(CN(C)C)NCc1cnn(C)c1. The molecular formula is C10H20N4. The third-order valence-corrected chi connectivity index (χ3v) is 2.05. The van der Waals surface area contributed by atoms with Crippen LogP contribution in [-0.4, -0.2) is 41.4 Å². The van der Waals surface area contributed by atoms with Crippen LogP contribution < -0.4 is 5.32 Å². The molecular weight excluding hydrogens is 176 g/mol. The van der Waals surface area contributed by atoms with Gasteiger partial charge in [0.1, 0.15) is 0 Å². The Morgan fingerprint density at radius 1 is 1.57 bits per heavy atom. The molecule has 0 aliphatic rings. The van der Waals surface area contributed by atoms with Gasteiger partial charge in [-0.05, 0) is 21.0 Å². The molecule has 0 fully saturated rings. The van der Waals surface area contributed by atoms with Crippen molar-refractivity contribution in [3.05, 3.63) is 18.0 Å². The molecule has 0 amide bonds. The van der Waals surface area contributed by atoms with Crippen LogP contribution in [0.3, 0.4) is 0 Å². The fourth-order valence-corrected chi connectivity index (χ4v) is 1.47. The van der Waals surface area contributed by atoms with E-state index in [-0.39, 0.29) is 0 Å². The standard InChI is InChI=1S/C10H20N4/c1-9(7-13(2)3)11-5-10-6-12-14(4)8-10/h6,8-9,11H,5,7H2,1-4H3. The van der Waals surface area contributed by atoms with Crippen molar-refractivity contribution in [1.29, 1.82) is 0 Å². The van der Waals surface area contributed by atoms with E-state index >= 15 is 0 Å². The normalized spacial score (nSPS) is 13.5. The van der Waals surface area contributed by atoms with Gasteiger partial charge < -0.3 is 10.2 Å². The summed E-state index contributed by atoms with van der Waals surface area (Å²) in [7, 11) is 6.11. The lowest BCUT2D eigenvalue weighted by Crippen LogP contribution is -2.35. The van der Waals surface area contributed by atoms with E-state index in [0.29, 0.717) is 6.04 Å². The maximum absolute atomic E-state index is 4.12. The molecule has 14 heavy (non-hydrogen) atoms. The van der Waals surface area contributed by atoms with Crippen molar-refractivity contribution >= 4 is 0 Å². The van der Waals surface area contributed by atoms with Crippen molar-refractivity contribution in [2.75, 3.05) is 20.6 Å². The minimum atomic E-state index is 0.505. The van der Waals surface area contributed by atoms with Crippen molar-refractivity contribution in [3.8, 4) is 0 Å². The van der Waals surface area contributed by atoms with Gasteiger partial charge in [-0.2, -0.15) is 5.10 Å². The zero-order valence-electron chi connectivity index (χ0n) is 9.49. The molecule has 0 aromatic carbocycles. The van der Waals surface area contributed by atoms with E-state index in [4.69, 9.17) is 0 Å². The Balaban J connectivity index is 2.26. The highest BCUT2D eigenvalue weighted by Gasteiger charge is 2.03. The molecule has 0 radical (unpaired) electrons. The van der Waals surface area contributed by atoms with Gasteiger partial charge in [0.2, 0.25) is 0 Å². The molecule has 1 heterocycles. The summed E-state index contributed by atoms with van der Waals surface area (Å²) in [5.41, 5.74) is 1.23. The summed E-state index contributed by atoms with van der Waals surface area (Å²) in [6, 6.07) is 0.505. The smallest absolute Gasteiger partial charge is 0.0534 e. The molecule has 0 aliphatic heterocycles. The minimum Gasteiger partial charge on any atom is -0.309 e. The van der Waals surface area contributed by atoms with Gasteiger partial charge in [0.05, 0.1) is 6.20 Å². The Bertz CT molecular complexity index is 267. The van der Waals surface area contributed by atoms with Crippen LogP contribution in [-0.2, 0) is 13.6 Å². The molecule has 4 nitrogen and oxygen atoms in total. The number of likely N-dealkylation sites (N-methyl/N-ethyl adjacent to an activating group) is 1. The van der Waals surface area contributed by atoms with Crippen molar-refractivity contribution in [2.24, 2.45) is 7.05 Å². The van der Waals surface area contributed by atoms with Crippen molar-refractivity contribution in [1.82, 2.24) is 20.0 Å². The largest absolute Gasteiger partial charge is 0.309 e. The summed E-state index contributed by atoms with van der Waals surface area (Å²) < 4.78 is 1.83. The van der Waals surface area contributed by atoms with Gasteiger partial charge >= 0.3 is 0 Å². The predicted octanol–water partition coefficient (Wildman–Crippen LogP) is 0.460. The number of rotatable bonds is 5.